The lowest BCUT2D eigenvalue weighted by atomic mass is 10.2. The second kappa shape index (κ2) is 5.38. The van der Waals surface area contributed by atoms with Crippen LogP contribution < -0.4 is 11.1 Å². The van der Waals surface area contributed by atoms with Crippen LogP contribution in [0.3, 0.4) is 0 Å². The smallest absolute Gasteiger partial charge is 0.265 e. The molecule has 3 heterocycles. The monoisotopic (exact) mass is 382 g/mol. The van der Waals surface area contributed by atoms with Crippen molar-refractivity contribution in [2.45, 2.75) is 0 Å². The number of nitrogens with two attached hydrogens (primary N) is 1. The fraction of sp³-hybridized carbons (Fsp3) is 0. The normalized spacial score (nSPS) is 11.4. The first-order valence-electron chi connectivity index (χ1n) is 6.44. The van der Waals surface area contributed by atoms with Crippen LogP contribution in [0.2, 0.25) is 10.0 Å². The van der Waals surface area contributed by atoms with Crippen molar-refractivity contribution in [3.63, 3.8) is 0 Å². The first kappa shape index (κ1) is 14.8. The molecule has 4 aromatic rings. The van der Waals surface area contributed by atoms with E-state index in [0.717, 1.165) is 15.3 Å². The lowest BCUT2D eigenvalue weighted by Crippen LogP contribution is -2.10. The van der Waals surface area contributed by atoms with Crippen molar-refractivity contribution in [1.82, 2.24) is 9.38 Å². The Labute approximate surface area is 148 Å². The molecular formula is C14H8Cl2N4OS2. The third kappa shape index (κ3) is 2.46. The second-order valence-electron chi connectivity index (χ2n) is 4.78. The van der Waals surface area contributed by atoms with Crippen LogP contribution in [-0.4, -0.2) is 15.3 Å². The Morgan fingerprint density at radius 3 is 2.74 bits per heavy atom. The maximum Gasteiger partial charge on any atom is 0.265 e. The number of nitrogens with one attached hydrogen (secondary N) is 1. The zero-order chi connectivity index (χ0) is 16.1. The Balaban J connectivity index is 1.67. The summed E-state index contributed by atoms with van der Waals surface area (Å²) in [5.74, 6) is -0.242. The summed E-state index contributed by atoms with van der Waals surface area (Å²) in [6, 6.07) is 4.96. The number of imidazole rings is 1. The molecule has 0 fully saturated rings. The molecule has 0 radical (unpaired) electrons. The van der Waals surface area contributed by atoms with Crippen molar-refractivity contribution in [3.05, 3.63) is 44.7 Å². The first-order valence-corrected chi connectivity index (χ1v) is 8.89. The Morgan fingerprint density at radius 1 is 1.26 bits per heavy atom. The topological polar surface area (TPSA) is 72.4 Å². The molecule has 23 heavy (non-hydrogen) atoms. The van der Waals surface area contributed by atoms with Crippen molar-refractivity contribution in [3.8, 4) is 0 Å². The molecule has 0 aliphatic heterocycles. The minimum Gasteiger partial charge on any atom is -0.396 e. The standard InChI is InChI=1S/C14H8Cl2N4OS2/c15-7-3-6(4-8(16)11(7)17)18-12(21)10-5-9-13(23-10)19-14-20(9)1-2-22-14/h1-5H,17H2,(H,18,21). The molecule has 9 heteroatoms. The van der Waals surface area contributed by atoms with Gasteiger partial charge in [-0.25, -0.2) is 4.98 Å². The van der Waals surface area contributed by atoms with E-state index in [1.165, 1.54) is 11.3 Å². The number of benzene rings is 1. The molecular weight excluding hydrogens is 375 g/mol. The molecule has 4 rings (SSSR count). The minimum absolute atomic E-state index is 0.242. The average molecular weight is 383 g/mol. The van der Waals surface area contributed by atoms with Crippen molar-refractivity contribution in [2.75, 3.05) is 11.1 Å². The predicted octanol–water partition coefficient (Wildman–Crippen LogP) is 4.75. The molecule has 0 aliphatic rings. The fourth-order valence-electron chi connectivity index (χ4n) is 2.21. The van der Waals surface area contributed by atoms with Crippen LogP contribution in [0.25, 0.3) is 15.3 Å². The van der Waals surface area contributed by atoms with Gasteiger partial charge < -0.3 is 11.1 Å². The van der Waals surface area contributed by atoms with E-state index in [2.05, 4.69) is 10.3 Å². The zero-order valence-corrected chi connectivity index (χ0v) is 14.5. The number of rotatable bonds is 2. The van der Waals surface area contributed by atoms with Crippen LogP contribution in [0.1, 0.15) is 9.67 Å². The summed E-state index contributed by atoms with van der Waals surface area (Å²) in [4.78, 5) is 19.2. The molecule has 0 spiro atoms. The number of thiazole rings is 1. The summed E-state index contributed by atoms with van der Waals surface area (Å²) >= 11 is 14.9. The fourth-order valence-corrected chi connectivity index (χ4v) is 4.39. The van der Waals surface area contributed by atoms with Crippen molar-refractivity contribution < 1.29 is 4.79 Å². The molecule has 5 nitrogen and oxygen atoms in total. The number of aromatic nitrogens is 2. The Bertz CT molecular complexity index is 1040. The van der Waals surface area contributed by atoms with Gasteiger partial charge in [0.25, 0.3) is 5.91 Å². The molecule has 0 bridgehead atoms. The van der Waals surface area contributed by atoms with E-state index in [4.69, 9.17) is 28.9 Å². The van der Waals surface area contributed by atoms with E-state index in [1.807, 2.05) is 22.0 Å². The zero-order valence-electron chi connectivity index (χ0n) is 11.3. The van der Waals surface area contributed by atoms with E-state index in [1.54, 1.807) is 23.5 Å². The van der Waals surface area contributed by atoms with E-state index in [-0.39, 0.29) is 5.91 Å². The molecule has 0 aliphatic carbocycles. The van der Waals surface area contributed by atoms with Crippen LogP contribution in [0.4, 0.5) is 11.4 Å². The third-order valence-corrected chi connectivity index (χ3v) is 5.70. The molecule has 0 atom stereocenters. The van der Waals surface area contributed by atoms with Gasteiger partial charge in [0.1, 0.15) is 4.83 Å². The van der Waals surface area contributed by atoms with Crippen molar-refractivity contribution in [1.29, 1.82) is 0 Å². The lowest BCUT2D eigenvalue weighted by Gasteiger charge is -2.07. The van der Waals surface area contributed by atoms with Gasteiger partial charge in [-0.3, -0.25) is 9.20 Å². The van der Waals surface area contributed by atoms with Gasteiger partial charge in [0.05, 0.1) is 26.1 Å². The number of fused-ring (bicyclic) bond motifs is 3. The molecule has 0 saturated heterocycles. The molecule has 1 amide bonds. The lowest BCUT2D eigenvalue weighted by molar-refractivity contribution is 0.103. The van der Waals surface area contributed by atoms with E-state index in [0.29, 0.717) is 26.3 Å². The van der Waals surface area contributed by atoms with Gasteiger partial charge in [-0.2, -0.15) is 0 Å². The number of thiophene rings is 1. The predicted molar refractivity (Wildman–Crippen MR) is 97.3 cm³/mol. The molecule has 0 unspecified atom stereocenters. The number of nitrogens with zero attached hydrogens (tertiary/aromatic N) is 2. The van der Waals surface area contributed by atoms with Gasteiger partial charge in [0, 0.05) is 17.3 Å². The highest BCUT2D eigenvalue weighted by molar-refractivity contribution is 7.21. The molecule has 3 N–H and O–H groups in total. The Morgan fingerprint density at radius 2 is 2.00 bits per heavy atom. The number of carbonyl (C=O) groups excluding carboxylic acids is 1. The summed E-state index contributed by atoms with van der Waals surface area (Å²) in [5.41, 5.74) is 7.40. The number of carbonyl (C=O) groups is 1. The van der Waals surface area contributed by atoms with Crippen LogP contribution in [0.15, 0.2) is 29.8 Å². The number of hydrogen-bond donors (Lipinski definition) is 2. The van der Waals surface area contributed by atoms with E-state index in [9.17, 15) is 4.79 Å². The van der Waals surface area contributed by atoms with Gasteiger partial charge in [0.2, 0.25) is 0 Å². The number of hydrogen-bond acceptors (Lipinski definition) is 5. The number of anilines is 2. The maximum atomic E-state index is 12.4. The third-order valence-electron chi connectivity index (χ3n) is 3.30. The quantitative estimate of drug-likeness (QED) is 0.491. The molecule has 116 valence electrons. The highest BCUT2D eigenvalue weighted by atomic mass is 35.5. The van der Waals surface area contributed by atoms with Gasteiger partial charge in [-0.15, -0.1) is 22.7 Å². The Kier molecular flexibility index (Phi) is 3.46. The van der Waals surface area contributed by atoms with Gasteiger partial charge >= 0.3 is 0 Å². The van der Waals surface area contributed by atoms with E-state index < -0.39 is 0 Å². The van der Waals surface area contributed by atoms with Gasteiger partial charge in [-0.1, -0.05) is 23.2 Å². The second-order valence-corrected chi connectivity index (χ2v) is 7.49. The summed E-state index contributed by atoms with van der Waals surface area (Å²) in [6.07, 6.45) is 1.93. The van der Waals surface area contributed by atoms with Gasteiger partial charge in [0.15, 0.2) is 4.96 Å². The van der Waals surface area contributed by atoms with Crippen LogP contribution in [-0.2, 0) is 0 Å². The largest absolute Gasteiger partial charge is 0.396 e. The van der Waals surface area contributed by atoms with Crippen LogP contribution in [0.5, 0.6) is 0 Å². The summed E-state index contributed by atoms with van der Waals surface area (Å²) in [7, 11) is 0. The van der Waals surface area contributed by atoms with Crippen LogP contribution >= 0.6 is 45.9 Å². The molecule has 1 aromatic carbocycles. The molecule has 3 aromatic heterocycles. The average Bonchev–Trinajstić information content (AvgIpc) is 3.15. The number of amides is 1. The summed E-state index contributed by atoms with van der Waals surface area (Å²) in [5, 5.41) is 5.33. The molecule has 0 saturated carbocycles. The minimum atomic E-state index is -0.242. The van der Waals surface area contributed by atoms with E-state index >= 15 is 0 Å². The summed E-state index contributed by atoms with van der Waals surface area (Å²) < 4.78 is 1.96. The first-order chi connectivity index (χ1) is 11.0. The Hall–Kier alpha value is -1.80. The highest BCUT2D eigenvalue weighted by Gasteiger charge is 2.16. The summed E-state index contributed by atoms with van der Waals surface area (Å²) in [6.45, 7) is 0. The number of halogens is 2. The maximum absolute atomic E-state index is 12.4. The highest BCUT2D eigenvalue weighted by Crippen LogP contribution is 2.32. The van der Waals surface area contributed by atoms with Crippen molar-refractivity contribution in [2.24, 2.45) is 0 Å². The number of nitrogen functional groups attached to an aromatic ring is 1. The SMILES string of the molecule is Nc1c(Cl)cc(NC(=O)c2cc3c(nc4sccn43)s2)cc1Cl. The van der Waals surface area contributed by atoms with Crippen LogP contribution in [0, 0.1) is 0 Å². The van der Waals surface area contributed by atoms with Gasteiger partial charge in [-0.05, 0) is 18.2 Å². The van der Waals surface area contributed by atoms with Crippen molar-refractivity contribution >= 4 is 78.5 Å².